The first-order valence-electron chi connectivity index (χ1n) is 8.04. The highest BCUT2D eigenvalue weighted by Crippen LogP contribution is 2.22. The van der Waals surface area contributed by atoms with E-state index in [9.17, 15) is 13.2 Å². The second-order valence-corrected chi connectivity index (χ2v) is 8.05. The predicted molar refractivity (Wildman–Crippen MR) is 99.3 cm³/mol. The van der Waals surface area contributed by atoms with E-state index in [0.29, 0.717) is 0 Å². The zero-order chi connectivity index (χ0) is 19.2. The van der Waals surface area contributed by atoms with Gasteiger partial charge in [0.15, 0.2) is 0 Å². The van der Waals surface area contributed by atoms with Crippen LogP contribution in [0.4, 0.5) is 4.79 Å². The SMILES string of the molecule is CC(C)(C)OC(=O)NNS(=O)(=O)NC(c1ccccc1)c1ccccc1. The van der Waals surface area contributed by atoms with E-state index in [-0.39, 0.29) is 0 Å². The molecule has 3 N–H and O–H groups in total. The summed E-state index contributed by atoms with van der Waals surface area (Å²) in [6.07, 6.45) is -0.890. The van der Waals surface area contributed by atoms with Crippen molar-refractivity contribution < 1.29 is 17.9 Å². The molecule has 0 saturated heterocycles. The van der Waals surface area contributed by atoms with Gasteiger partial charge in [-0.3, -0.25) is 0 Å². The Hall–Kier alpha value is -2.42. The van der Waals surface area contributed by atoms with E-state index in [0.717, 1.165) is 11.1 Å². The second-order valence-electron chi connectivity index (χ2n) is 6.60. The summed E-state index contributed by atoms with van der Waals surface area (Å²) in [7, 11) is -4.04. The molecule has 0 saturated carbocycles. The molecular formula is C18H23N3O4S. The number of hydrogen-bond donors (Lipinski definition) is 3. The van der Waals surface area contributed by atoms with Gasteiger partial charge >= 0.3 is 6.09 Å². The Morgan fingerprint density at radius 3 is 1.81 bits per heavy atom. The zero-order valence-corrected chi connectivity index (χ0v) is 15.7. The number of carbonyl (C=O) groups is 1. The fourth-order valence-electron chi connectivity index (χ4n) is 2.22. The van der Waals surface area contributed by atoms with Gasteiger partial charge in [0, 0.05) is 0 Å². The maximum Gasteiger partial charge on any atom is 0.423 e. The maximum absolute atomic E-state index is 12.4. The number of carbonyl (C=O) groups excluding carboxylic acids is 1. The fraction of sp³-hybridized carbons (Fsp3) is 0.278. The Labute approximate surface area is 153 Å². The van der Waals surface area contributed by atoms with Crippen molar-refractivity contribution in [2.45, 2.75) is 32.4 Å². The molecule has 2 aromatic carbocycles. The first-order chi connectivity index (χ1) is 12.2. The summed E-state index contributed by atoms with van der Waals surface area (Å²) in [5, 5.41) is 0. The number of ether oxygens (including phenoxy) is 1. The fourth-order valence-corrected chi connectivity index (χ4v) is 3.08. The van der Waals surface area contributed by atoms with Crippen LogP contribution in [-0.4, -0.2) is 20.1 Å². The number of hydrazine groups is 1. The van der Waals surface area contributed by atoms with Gasteiger partial charge in [0.2, 0.25) is 0 Å². The summed E-state index contributed by atoms with van der Waals surface area (Å²) in [6.45, 7) is 5.04. The molecule has 0 aliphatic heterocycles. The standard InChI is InChI=1S/C18H23N3O4S/c1-18(2,3)25-17(22)19-21-26(23,24)20-16(14-10-6-4-7-11-14)15-12-8-5-9-13-15/h4-13,16,20-21H,1-3H3,(H,19,22). The molecule has 26 heavy (non-hydrogen) atoms. The van der Waals surface area contributed by atoms with Crippen LogP contribution in [0.2, 0.25) is 0 Å². The van der Waals surface area contributed by atoms with Gasteiger partial charge in [-0.15, -0.1) is 4.83 Å². The molecular weight excluding hydrogens is 354 g/mol. The lowest BCUT2D eigenvalue weighted by Crippen LogP contribution is -2.49. The normalized spacial score (nSPS) is 12.0. The van der Waals surface area contributed by atoms with E-state index in [1.807, 2.05) is 70.9 Å². The first kappa shape index (κ1) is 19.9. The highest BCUT2D eigenvalue weighted by molar-refractivity contribution is 7.87. The molecule has 0 aromatic heterocycles. The van der Waals surface area contributed by atoms with Gasteiger partial charge in [-0.2, -0.15) is 13.1 Å². The minimum atomic E-state index is -4.04. The number of amides is 1. The Bertz CT molecular complexity index is 779. The molecule has 1 amide bonds. The van der Waals surface area contributed by atoms with Crippen molar-refractivity contribution >= 4 is 16.3 Å². The number of rotatable bonds is 6. The summed E-state index contributed by atoms with van der Waals surface area (Å²) in [5.41, 5.74) is 2.82. The smallest absolute Gasteiger partial charge is 0.423 e. The average molecular weight is 377 g/mol. The topological polar surface area (TPSA) is 96.5 Å². The van der Waals surface area contributed by atoms with Crippen LogP contribution in [0.3, 0.4) is 0 Å². The lowest BCUT2D eigenvalue weighted by Gasteiger charge is -2.22. The molecule has 0 heterocycles. The third-order valence-corrected chi connectivity index (χ3v) is 4.14. The van der Waals surface area contributed by atoms with Gasteiger partial charge in [0.1, 0.15) is 5.60 Å². The van der Waals surface area contributed by atoms with Crippen LogP contribution in [0.25, 0.3) is 0 Å². The van der Waals surface area contributed by atoms with Crippen LogP contribution in [-0.2, 0) is 14.9 Å². The Balaban J connectivity index is 2.13. The average Bonchev–Trinajstić information content (AvgIpc) is 2.58. The summed E-state index contributed by atoms with van der Waals surface area (Å²) in [6, 6.07) is 17.7. The molecule has 0 fully saturated rings. The van der Waals surface area contributed by atoms with E-state index in [1.165, 1.54) is 0 Å². The van der Waals surface area contributed by atoms with Crippen LogP contribution in [0.1, 0.15) is 37.9 Å². The van der Waals surface area contributed by atoms with Gasteiger partial charge in [-0.05, 0) is 31.9 Å². The van der Waals surface area contributed by atoms with Gasteiger partial charge in [0.25, 0.3) is 10.2 Å². The Morgan fingerprint density at radius 1 is 0.923 bits per heavy atom. The summed E-state index contributed by atoms with van der Waals surface area (Å²) in [4.78, 5) is 13.6. The molecule has 0 aliphatic carbocycles. The van der Waals surface area contributed by atoms with E-state index in [2.05, 4.69) is 4.72 Å². The van der Waals surface area contributed by atoms with Crippen LogP contribution in [0, 0.1) is 0 Å². The van der Waals surface area contributed by atoms with Gasteiger partial charge < -0.3 is 4.74 Å². The zero-order valence-electron chi connectivity index (χ0n) is 14.9. The van der Waals surface area contributed by atoms with Crippen molar-refractivity contribution in [2.24, 2.45) is 0 Å². The van der Waals surface area contributed by atoms with Crippen molar-refractivity contribution in [1.82, 2.24) is 15.0 Å². The molecule has 7 nitrogen and oxygen atoms in total. The van der Waals surface area contributed by atoms with Crippen LogP contribution >= 0.6 is 0 Å². The number of nitrogens with one attached hydrogen (secondary N) is 3. The Morgan fingerprint density at radius 2 is 1.38 bits per heavy atom. The monoisotopic (exact) mass is 377 g/mol. The third kappa shape index (κ3) is 6.47. The van der Waals surface area contributed by atoms with Crippen molar-refractivity contribution in [1.29, 1.82) is 0 Å². The molecule has 0 atom stereocenters. The molecule has 2 aromatic rings. The second kappa shape index (κ2) is 8.31. The first-order valence-corrected chi connectivity index (χ1v) is 9.52. The van der Waals surface area contributed by atoms with E-state index < -0.39 is 27.9 Å². The molecule has 0 aliphatic rings. The maximum atomic E-state index is 12.4. The number of benzene rings is 2. The Kier molecular flexibility index (Phi) is 6.36. The van der Waals surface area contributed by atoms with Gasteiger partial charge in [0.05, 0.1) is 6.04 Å². The molecule has 140 valence electrons. The van der Waals surface area contributed by atoms with Crippen LogP contribution in [0.5, 0.6) is 0 Å². The van der Waals surface area contributed by atoms with E-state index in [1.54, 1.807) is 20.8 Å². The minimum absolute atomic E-state index is 0.615. The quantitative estimate of drug-likeness (QED) is 0.674. The molecule has 8 heteroatoms. The molecule has 0 bridgehead atoms. The third-order valence-electron chi connectivity index (χ3n) is 3.23. The van der Waals surface area contributed by atoms with E-state index in [4.69, 9.17) is 4.74 Å². The van der Waals surface area contributed by atoms with Crippen molar-refractivity contribution in [3.63, 3.8) is 0 Å². The van der Waals surface area contributed by atoms with Gasteiger partial charge in [-0.1, -0.05) is 60.7 Å². The summed E-state index contributed by atoms with van der Waals surface area (Å²) >= 11 is 0. The lowest BCUT2D eigenvalue weighted by molar-refractivity contribution is 0.0514. The molecule has 0 unspecified atom stereocenters. The number of hydrogen-bond acceptors (Lipinski definition) is 4. The van der Waals surface area contributed by atoms with Crippen LogP contribution in [0.15, 0.2) is 60.7 Å². The summed E-state index contributed by atoms with van der Waals surface area (Å²) < 4.78 is 32.3. The lowest BCUT2D eigenvalue weighted by atomic mass is 10.00. The molecule has 0 spiro atoms. The van der Waals surface area contributed by atoms with Crippen LogP contribution < -0.4 is 15.0 Å². The highest BCUT2D eigenvalue weighted by Gasteiger charge is 2.23. The summed E-state index contributed by atoms with van der Waals surface area (Å²) in [5.74, 6) is 0. The largest absolute Gasteiger partial charge is 0.443 e. The van der Waals surface area contributed by atoms with Crippen molar-refractivity contribution in [3.05, 3.63) is 71.8 Å². The molecule has 2 rings (SSSR count). The predicted octanol–water partition coefficient (Wildman–Crippen LogP) is 2.64. The van der Waals surface area contributed by atoms with E-state index >= 15 is 0 Å². The van der Waals surface area contributed by atoms with Gasteiger partial charge in [-0.25, -0.2) is 10.2 Å². The highest BCUT2D eigenvalue weighted by atomic mass is 32.2. The van der Waals surface area contributed by atoms with Crippen molar-refractivity contribution in [3.8, 4) is 0 Å². The molecule has 0 radical (unpaired) electrons. The van der Waals surface area contributed by atoms with Crippen molar-refractivity contribution in [2.75, 3.05) is 0 Å². The minimum Gasteiger partial charge on any atom is -0.443 e.